The third-order valence-electron chi connectivity index (χ3n) is 8.48. The Kier molecular flexibility index (Phi) is 12.0. The Balaban J connectivity index is 1.35. The number of hydrogen-bond acceptors (Lipinski definition) is 6. The molecule has 0 heterocycles. The van der Waals surface area contributed by atoms with Crippen molar-refractivity contribution in [3.05, 3.63) is 179 Å². The molecule has 1 saturated carbocycles. The van der Waals surface area contributed by atoms with Crippen LogP contribution in [-0.4, -0.2) is 36.6 Å². The van der Waals surface area contributed by atoms with Crippen LogP contribution in [-0.2, 0) is 56.7 Å². The maximum absolute atomic E-state index is 7.17. The molecule has 1 aliphatic carbocycles. The Morgan fingerprint density at radius 1 is 0.298 bits per heavy atom. The van der Waals surface area contributed by atoms with Gasteiger partial charge in [-0.3, -0.25) is 0 Å². The quantitative estimate of drug-likeness (QED) is 0.132. The third-order valence-corrected chi connectivity index (χ3v) is 8.48. The molecule has 0 saturated heterocycles. The lowest BCUT2D eigenvalue weighted by molar-refractivity contribution is -0.256. The fourth-order valence-corrected chi connectivity index (χ4v) is 6.00. The Morgan fingerprint density at radius 2 is 0.489 bits per heavy atom. The molecule has 1 aliphatic rings. The van der Waals surface area contributed by atoms with Crippen LogP contribution in [0.5, 0.6) is 0 Å². The molecule has 6 nitrogen and oxygen atoms in total. The summed E-state index contributed by atoms with van der Waals surface area (Å²) < 4.78 is 33.7. The Bertz CT molecular complexity index is 1470. The SMILES string of the molecule is NC1[C@@H](OCc2ccccc2)[C@H](OCc2ccccc2)C(OCc2ccccc2)[C@H](OCc2ccccc2)[C@@H]1OCc1ccccc1. The zero-order valence-electron chi connectivity index (χ0n) is 26.6. The molecule has 5 aromatic rings. The summed E-state index contributed by atoms with van der Waals surface area (Å²) in [5.74, 6) is 0. The van der Waals surface area contributed by atoms with Gasteiger partial charge in [-0.15, -0.1) is 0 Å². The van der Waals surface area contributed by atoms with Gasteiger partial charge in [-0.05, 0) is 27.8 Å². The van der Waals surface area contributed by atoms with Gasteiger partial charge in [0.05, 0.1) is 39.1 Å². The molecule has 0 amide bonds. The van der Waals surface area contributed by atoms with Gasteiger partial charge >= 0.3 is 0 Å². The minimum absolute atomic E-state index is 0.369. The molecule has 0 radical (unpaired) electrons. The summed E-state index contributed by atoms with van der Waals surface area (Å²) in [6.45, 7) is 1.85. The number of benzene rings is 5. The summed E-state index contributed by atoms with van der Waals surface area (Å²) in [4.78, 5) is 0. The largest absolute Gasteiger partial charge is 0.369 e. The molecule has 2 N–H and O–H groups in total. The normalized spacial score (nSPS) is 22.6. The minimum Gasteiger partial charge on any atom is -0.369 e. The van der Waals surface area contributed by atoms with E-state index in [9.17, 15) is 0 Å². The van der Waals surface area contributed by atoms with E-state index in [0.29, 0.717) is 33.0 Å². The molecule has 6 heteroatoms. The van der Waals surface area contributed by atoms with Crippen LogP contribution >= 0.6 is 0 Å². The van der Waals surface area contributed by atoms with Gasteiger partial charge < -0.3 is 29.4 Å². The topological polar surface area (TPSA) is 72.2 Å². The van der Waals surface area contributed by atoms with E-state index in [1.54, 1.807) is 0 Å². The van der Waals surface area contributed by atoms with Crippen molar-refractivity contribution in [3.63, 3.8) is 0 Å². The van der Waals surface area contributed by atoms with Crippen LogP contribution in [0.3, 0.4) is 0 Å². The van der Waals surface area contributed by atoms with Crippen molar-refractivity contribution in [1.82, 2.24) is 0 Å². The molecule has 242 valence electrons. The van der Waals surface area contributed by atoms with Crippen LogP contribution in [0.25, 0.3) is 0 Å². The maximum atomic E-state index is 7.17. The first-order valence-electron chi connectivity index (χ1n) is 16.3. The lowest BCUT2D eigenvalue weighted by Crippen LogP contribution is -2.69. The smallest absolute Gasteiger partial charge is 0.115 e. The van der Waals surface area contributed by atoms with Crippen molar-refractivity contribution < 1.29 is 23.7 Å². The van der Waals surface area contributed by atoms with Gasteiger partial charge in [-0.2, -0.15) is 0 Å². The fraction of sp³-hybridized carbons (Fsp3) is 0.268. The first-order valence-corrected chi connectivity index (χ1v) is 16.3. The van der Waals surface area contributed by atoms with E-state index < -0.39 is 36.6 Å². The predicted molar refractivity (Wildman–Crippen MR) is 183 cm³/mol. The average molecular weight is 630 g/mol. The van der Waals surface area contributed by atoms with Crippen LogP contribution in [0.4, 0.5) is 0 Å². The average Bonchev–Trinajstić information content (AvgIpc) is 3.14. The van der Waals surface area contributed by atoms with Gasteiger partial charge in [0.15, 0.2) is 0 Å². The first-order chi connectivity index (χ1) is 23.2. The molecule has 0 spiro atoms. The lowest BCUT2D eigenvalue weighted by Gasteiger charge is -2.49. The van der Waals surface area contributed by atoms with E-state index in [-0.39, 0.29) is 0 Å². The van der Waals surface area contributed by atoms with Crippen LogP contribution in [0, 0.1) is 0 Å². The van der Waals surface area contributed by atoms with Crippen molar-refractivity contribution in [2.75, 3.05) is 0 Å². The van der Waals surface area contributed by atoms with Crippen LogP contribution in [0.1, 0.15) is 27.8 Å². The second-order valence-corrected chi connectivity index (χ2v) is 11.9. The highest BCUT2D eigenvalue weighted by atomic mass is 16.6. The van der Waals surface area contributed by atoms with Crippen LogP contribution in [0.15, 0.2) is 152 Å². The Labute approximate surface area is 278 Å². The molecule has 0 bridgehead atoms. The standard InChI is InChI=1S/C41H43NO5/c42-36-37(43-26-31-16-6-1-7-17-31)39(45-28-33-20-10-3-11-21-33)41(47-30-35-24-14-5-15-25-35)40(46-29-34-22-12-4-13-23-34)38(36)44-27-32-18-8-2-9-19-32/h1-25,36-41H,26-30,42H2/t36?,37-,38-,39-,40+,41?/m1/s1. The van der Waals surface area contributed by atoms with E-state index in [4.69, 9.17) is 29.4 Å². The van der Waals surface area contributed by atoms with Gasteiger partial charge in [0.1, 0.15) is 30.5 Å². The highest BCUT2D eigenvalue weighted by Gasteiger charge is 2.53. The van der Waals surface area contributed by atoms with Gasteiger partial charge in [-0.25, -0.2) is 0 Å². The highest BCUT2D eigenvalue weighted by molar-refractivity contribution is 5.18. The van der Waals surface area contributed by atoms with E-state index in [2.05, 4.69) is 36.4 Å². The van der Waals surface area contributed by atoms with Gasteiger partial charge in [-0.1, -0.05) is 152 Å². The van der Waals surface area contributed by atoms with Crippen molar-refractivity contribution in [2.45, 2.75) is 69.6 Å². The molecule has 0 aliphatic heterocycles. The van der Waals surface area contributed by atoms with E-state index >= 15 is 0 Å². The molecular formula is C41H43NO5. The molecule has 6 atom stereocenters. The van der Waals surface area contributed by atoms with Crippen LogP contribution in [0.2, 0.25) is 0 Å². The number of rotatable bonds is 15. The van der Waals surface area contributed by atoms with Crippen molar-refractivity contribution in [1.29, 1.82) is 0 Å². The summed E-state index contributed by atoms with van der Waals surface area (Å²) in [6.07, 6.45) is -2.73. The Morgan fingerprint density at radius 3 is 0.723 bits per heavy atom. The van der Waals surface area contributed by atoms with E-state index in [1.165, 1.54) is 0 Å². The minimum atomic E-state index is -0.569. The second kappa shape index (κ2) is 17.1. The summed E-state index contributed by atoms with van der Waals surface area (Å²) in [7, 11) is 0. The summed E-state index contributed by atoms with van der Waals surface area (Å²) in [5, 5.41) is 0. The first kappa shape index (κ1) is 32.8. The van der Waals surface area contributed by atoms with Crippen LogP contribution < -0.4 is 5.73 Å². The monoisotopic (exact) mass is 629 g/mol. The summed E-state index contributed by atoms with van der Waals surface area (Å²) in [5.41, 5.74) is 12.4. The Hall–Kier alpha value is -4.14. The molecule has 2 unspecified atom stereocenters. The molecule has 1 fully saturated rings. The third kappa shape index (κ3) is 9.24. The summed E-state index contributed by atoms with van der Waals surface area (Å²) >= 11 is 0. The summed E-state index contributed by atoms with van der Waals surface area (Å²) in [6, 6.07) is 50.0. The zero-order chi connectivity index (χ0) is 32.1. The number of nitrogens with two attached hydrogens (primary N) is 1. The predicted octanol–water partition coefficient (Wildman–Crippen LogP) is 7.25. The zero-order valence-corrected chi connectivity index (χ0v) is 26.6. The molecular weight excluding hydrogens is 586 g/mol. The lowest BCUT2D eigenvalue weighted by atomic mass is 9.82. The molecule has 0 aromatic heterocycles. The maximum Gasteiger partial charge on any atom is 0.115 e. The van der Waals surface area contributed by atoms with Crippen molar-refractivity contribution in [3.8, 4) is 0 Å². The number of hydrogen-bond donors (Lipinski definition) is 1. The fourth-order valence-electron chi connectivity index (χ4n) is 6.00. The van der Waals surface area contributed by atoms with Gasteiger partial charge in [0.25, 0.3) is 0 Å². The van der Waals surface area contributed by atoms with Gasteiger partial charge in [0.2, 0.25) is 0 Å². The van der Waals surface area contributed by atoms with Gasteiger partial charge in [0, 0.05) is 0 Å². The number of ether oxygens (including phenoxy) is 5. The van der Waals surface area contributed by atoms with E-state index in [0.717, 1.165) is 27.8 Å². The highest BCUT2D eigenvalue weighted by Crippen LogP contribution is 2.34. The molecule has 47 heavy (non-hydrogen) atoms. The van der Waals surface area contributed by atoms with Crippen molar-refractivity contribution in [2.24, 2.45) is 5.73 Å². The van der Waals surface area contributed by atoms with Crippen molar-refractivity contribution >= 4 is 0 Å². The second-order valence-electron chi connectivity index (χ2n) is 11.9. The molecule has 6 rings (SSSR count). The molecule has 5 aromatic carbocycles. The van der Waals surface area contributed by atoms with E-state index in [1.807, 2.05) is 115 Å².